The fraction of sp³-hybridized carbons (Fsp3) is 0.417. The first-order valence-corrected chi connectivity index (χ1v) is 6.05. The first-order valence-electron chi connectivity index (χ1n) is 6.05. The molecule has 0 saturated carbocycles. The Bertz CT molecular complexity index is 649. The highest BCUT2D eigenvalue weighted by atomic mass is 16.6. The third-order valence-corrected chi connectivity index (χ3v) is 3.09. The molecule has 1 rings (SSSR count). The average molecular weight is 297 g/mol. The number of aromatic nitrogens is 1. The lowest BCUT2D eigenvalue weighted by Gasteiger charge is -2.33. The molecule has 0 spiro atoms. The molecule has 0 aliphatic rings. The zero-order chi connectivity index (χ0) is 16.4. The van der Waals surface area contributed by atoms with Crippen molar-refractivity contribution < 1.29 is 19.6 Å². The van der Waals surface area contributed by atoms with Crippen LogP contribution in [0, 0.1) is 10.1 Å². The standard InChI is InChI=1S/C12H15N3O6/c1-4-14(12(2,3)11(18)19)10(17)8-5-7(15(20)21)6-13-9(8)16/h5-6H,4H2,1-3H3,(H,13,16)(H,18,19). The van der Waals surface area contributed by atoms with Crippen molar-refractivity contribution in [3.63, 3.8) is 0 Å². The van der Waals surface area contributed by atoms with Gasteiger partial charge in [-0.15, -0.1) is 0 Å². The van der Waals surface area contributed by atoms with E-state index < -0.39 is 39.1 Å². The number of amides is 1. The zero-order valence-corrected chi connectivity index (χ0v) is 11.7. The normalized spacial score (nSPS) is 11.0. The number of nitrogens with zero attached hydrogens (tertiary/aromatic N) is 2. The monoisotopic (exact) mass is 297 g/mol. The van der Waals surface area contributed by atoms with Crippen LogP contribution in [-0.2, 0) is 4.79 Å². The Hall–Kier alpha value is -2.71. The van der Waals surface area contributed by atoms with Crippen LogP contribution in [0.4, 0.5) is 5.69 Å². The van der Waals surface area contributed by atoms with Gasteiger partial charge in [0.15, 0.2) is 0 Å². The Morgan fingerprint density at radius 3 is 2.48 bits per heavy atom. The van der Waals surface area contributed by atoms with E-state index in [2.05, 4.69) is 4.98 Å². The van der Waals surface area contributed by atoms with Gasteiger partial charge in [0, 0.05) is 12.6 Å². The van der Waals surface area contributed by atoms with Crippen molar-refractivity contribution in [3.05, 3.63) is 38.3 Å². The maximum absolute atomic E-state index is 12.3. The van der Waals surface area contributed by atoms with Gasteiger partial charge in [0.05, 0.1) is 11.1 Å². The van der Waals surface area contributed by atoms with Crippen LogP contribution >= 0.6 is 0 Å². The van der Waals surface area contributed by atoms with Gasteiger partial charge < -0.3 is 15.0 Å². The molecular formula is C12H15N3O6. The Labute approximate surface area is 119 Å². The van der Waals surface area contributed by atoms with E-state index in [-0.39, 0.29) is 6.54 Å². The van der Waals surface area contributed by atoms with E-state index in [1.165, 1.54) is 13.8 Å². The molecule has 0 radical (unpaired) electrons. The maximum Gasteiger partial charge on any atom is 0.329 e. The predicted octanol–water partition coefficient (Wildman–Crippen LogP) is 0.608. The number of nitrogens with one attached hydrogen (secondary N) is 1. The molecule has 1 heterocycles. The van der Waals surface area contributed by atoms with Crippen LogP contribution < -0.4 is 5.56 Å². The van der Waals surface area contributed by atoms with E-state index in [4.69, 9.17) is 5.11 Å². The van der Waals surface area contributed by atoms with Gasteiger partial charge in [0.2, 0.25) is 0 Å². The number of carbonyl (C=O) groups is 2. The molecule has 9 heteroatoms. The van der Waals surface area contributed by atoms with Gasteiger partial charge in [0.1, 0.15) is 11.1 Å². The van der Waals surface area contributed by atoms with Gasteiger partial charge in [-0.3, -0.25) is 19.7 Å². The molecule has 0 aliphatic carbocycles. The summed E-state index contributed by atoms with van der Waals surface area (Å²) in [5, 5.41) is 19.9. The van der Waals surface area contributed by atoms with Crippen molar-refractivity contribution in [1.82, 2.24) is 9.88 Å². The molecule has 9 nitrogen and oxygen atoms in total. The van der Waals surface area contributed by atoms with Crippen LogP contribution in [0.15, 0.2) is 17.1 Å². The highest BCUT2D eigenvalue weighted by molar-refractivity contribution is 5.97. The highest BCUT2D eigenvalue weighted by Crippen LogP contribution is 2.18. The molecule has 0 unspecified atom stereocenters. The number of carbonyl (C=O) groups excluding carboxylic acids is 1. The van der Waals surface area contributed by atoms with Crippen molar-refractivity contribution in [2.24, 2.45) is 0 Å². The number of carboxylic acid groups (broad SMARTS) is 1. The summed E-state index contributed by atoms with van der Waals surface area (Å²) in [4.78, 5) is 48.2. The lowest BCUT2D eigenvalue weighted by molar-refractivity contribution is -0.385. The Kier molecular flexibility index (Phi) is 4.46. The molecule has 1 aromatic heterocycles. The topological polar surface area (TPSA) is 134 Å². The number of aromatic amines is 1. The minimum absolute atomic E-state index is 0.0280. The number of rotatable bonds is 5. The van der Waals surface area contributed by atoms with E-state index in [0.29, 0.717) is 0 Å². The Balaban J connectivity index is 3.36. The second-order valence-electron chi connectivity index (χ2n) is 4.77. The summed E-state index contributed by atoms with van der Waals surface area (Å²) in [6, 6.07) is 0.835. The van der Waals surface area contributed by atoms with Crippen molar-refractivity contribution in [2.45, 2.75) is 26.3 Å². The number of H-pyrrole nitrogens is 1. The van der Waals surface area contributed by atoms with Crippen LogP contribution in [0.2, 0.25) is 0 Å². The summed E-state index contributed by atoms with van der Waals surface area (Å²) in [5.74, 6) is -2.13. The second kappa shape index (κ2) is 5.73. The van der Waals surface area contributed by atoms with Gasteiger partial charge in [0.25, 0.3) is 17.2 Å². The summed E-state index contributed by atoms with van der Waals surface area (Å²) in [5.41, 5.74) is -3.30. The van der Waals surface area contributed by atoms with Crippen molar-refractivity contribution in [2.75, 3.05) is 6.54 Å². The number of hydrogen-bond acceptors (Lipinski definition) is 5. The molecule has 21 heavy (non-hydrogen) atoms. The number of likely N-dealkylation sites (N-methyl/N-ethyl adjacent to an activating group) is 1. The van der Waals surface area contributed by atoms with E-state index >= 15 is 0 Å². The molecule has 0 atom stereocenters. The Morgan fingerprint density at radius 2 is 2.05 bits per heavy atom. The maximum atomic E-state index is 12.3. The van der Waals surface area contributed by atoms with Gasteiger partial charge >= 0.3 is 5.97 Å². The molecule has 1 amide bonds. The number of nitro groups is 1. The fourth-order valence-electron chi connectivity index (χ4n) is 1.79. The third kappa shape index (κ3) is 3.07. The van der Waals surface area contributed by atoms with Crippen LogP contribution in [0.3, 0.4) is 0 Å². The van der Waals surface area contributed by atoms with Crippen LogP contribution in [0.25, 0.3) is 0 Å². The smallest absolute Gasteiger partial charge is 0.329 e. The van der Waals surface area contributed by atoms with Gasteiger partial charge in [-0.05, 0) is 20.8 Å². The lowest BCUT2D eigenvalue weighted by Crippen LogP contribution is -2.53. The first kappa shape index (κ1) is 16.3. The molecular weight excluding hydrogens is 282 g/mol. The van der Waals surface area contributed by atoms with Gasteiger partial charge in [-0.25, -0.2) is 4.79 Å². The molecule has 0 aromatic carbocycles. The number of aliphatic carboxylic acids is 1. The van der Waals surface area contributed by atoms with Crippen molar-refractivity contribution >= 4 is 17.6 Å². The number of carboxylic acids is 1. The zero-order valence-electron chi connectivity index (χ0n) is 11.7. The van der Waals surface area contributed by atoms with E-state index in [1.807, 2.05) is 0 Å². The van der Waals surface area contributed by atoms with E-state index in [9.17, 15) is 24.5 Å². The second-order valence-corrected chi connectivity index (χ2v) is 4.77. The summed E-state index contributed by atoms with van der Waals surface area (Å²) < 4.78 is 0. The molecule has 1 aromatic rings. The SMILES string of the molecule is CCN(C(=O)c1cc([N+](=O)[O-])c[nH]c1=O)C(C)(C)C(=O)O. The molecule has 114 valence electrons. The molecule has 0 aliphatic heterocycles. The minimum Gasteiger partial charge on any atom is -0.480 e. The van der Waals surface area contributed by atoms with Crippen LogP contribution in [-0.4, -0.2) is 43.9 Å². The Morgan fingerprint density at radius 1 is 1.48 bits per heavy atom. The highest BCUT2D eigenvalue weighted by Gasteiger charge is 2.38. The first-order chi connectivity index (χ1) is 9.62. The minimum atomic E-state index is -1.55. The molecule has 0 fully saturated rings. The molecule has 0 saturated heterocycles. The van der Waals surface area contributed by atoms with Crippen LogP contribution in [0.5, 0.6) is 0 Å². The molecule has 0 bridgehead atoms. The molecule has 2 N–H and O–H groups in total. The van der Waals surface area contributed by atoms with E-state index in [0.717, 1.165) is 17.2 Å². The van der Waals surface area contributed by atoms with Gasteiger partial charge in [-0.1, -0.05) is 0 Å². The average Bonchev–Trinajstić information content (AvgIpc) is 2.38. The van der Waals surface area contributed by atoms with Gasteiger partial charge in [-0.2, -0.15) is 0 Å². The predicted molar refractivity (Wildman–Crippen MR) is 72.1 cm³/mol. The quantitative estimate of drug-likeness (QED) is 0.604. The summed E-state index contributed by atoms with van der Waals surface area (Å²) in [6.07, 6.45) is 0.873. The van der Waals surface area contributed by atoms with Crippen molar-refractivity contribution in [1.29, 1.82) is 0 Å². The summed E-state index contributed by atoms with van der Waals surface area (Å²) in [6.45, 7) is 4.19. The lowest BCUT2D eigenvalue weighted by atomic mass is 10.0. The largest absolute Gasteiger partial charge is 0.480 e. The van der Waals surface area contributed by atoms with Crippen LogP contribution in [0.1, 0.15) is 31.1 Å². The third-order valence-electron chi connectivity index (χ3n) is 3.09. The fourth-order valence-corrected chi connectivity index (χ4v) is 1.79. The summed E-state index contributed by atoms with van der Waals surface area (Å²) >= 11 is 0. The van der Waals surface area contributed by atoms with Crippen molar-refractivity contribution in [3.8, 4) is 0 Å². The number of pyridine rings is 1. The van der Waals surface area contributed by atoms with E-state index in [1.54, 1.807) is 6.92 Å². The number of hydrogen-bond donors (Lipinski definition) is 2. The summed E-state index contributed by atoms with van der Waals surface area (Å²) in [7, 11) is 0.